The van der Waals surface area contributed by atoms with Crippen molar-refractivity contribution in [1.29, 1.82) is 0 Å². The number of aromatic nitrogens is 3. The monoisotopic (exact) mass is 599 g/mol. The number of para-hydroxylation sites is 1. The van der Waals surface area contributed by atoms with E-state index in [1.165, 1.54) is 28.8 Å². The summed E-state index contributed by atoms with van der Waals surface area (Å²) in [5.74, 6) is -5.42. The zero-order chi connectivity index (χ0) is 30.4. The van der Waals surface area contributed by atoms with Crippen LogP contribution in [0.15, 0.2) is 47.6 Å². The van der Waals surface area contributed by atoms with Gasteiger partial charge in [-0.15, -0.1) is 10.2 Å². The van der Waals surface area contributed by atoms with Crippen molar-refractivity contribution in [3.63, 3.8) is 0 Å². The highest BCUT2D eigenvalue weighted by Gasteiger charge is 2.52. The minimum atomic E-state index is -5.42. The lowest BCUT2D eigenvalue weighted by atomic mass is 10.0. The molecule has 10 nitrogen and oxygen atoms in total. The first kappa shape index (κ1) is 28.8. The van der Waals surface area contributed by atoms with Gasteiger partial charge >= 0.3 is 18.3 Å². The second-order valence-corrected chi connectivity index (χ2v) is 9.38. The topological polar surface area (TPSA) is 107 Å². The Labute approximate surface area is 231 Å². The van der Waals surface area contributed by atoms with E-state index in [9.17, 15) is 45.1 Å². The summed E-state index contributed by atoms with van der Waals surface area (Å²) in [6.07, 6.45) is -10.6. The fourth-order valence-corrected chi connectivity index (χ4v) is 4.64. The molecule has 0 radical (unpaired) electrons. The van der Waals surface area contributed by atoms with Crippen LogP contribution in [0, 0.1) is 5.82 Å². The molecule has 42 heavy (non-hydrogen) atoms. The molecule has 1 amide bonds. The van der Waals surface area contributed by atoms with Crippen LogP contribution in [-0.4, -0.2) is 62.4 Å². The normalized spacial score (nSPS) is 18.5. The van der Waals surface area contributed by atoms with Gasteiger partial charge in [-0.3, -0.25) is 9.59 Å². The number of benzene rings is 2. The molecule has 3 heterocycles. The highest BCUT2D eigenvalue weighted by atomic mass is 19.4. The van der Waals surface area contributed by atoms with Crippen LogP contribution in [-0.2, 0) is 35.7 Å². The molecule has 1 unspecified atom stereocenters. The van der Waals surface area contributed by atoms with Crippen LogP contribution in [0.25, 0.3) is 0 Å². The van der Waals surface area contributed by atoms with E-state index in [-0.39, 0.29) is 48.1 Å². The molecule has 3 aromatic rings. The van der Waals surface area contributed by atoms with Crippen LogP contribution in [0.3, 0.4) is 0 Å². The summed E-state index contributed by atoms with van der Waals surface area (Å²) in [7, 11) is 0. The number of carbonyl (C=O) groups excluding carboxylic acids is 3. The minimum Gasteiger partial charge on any atom is -0.329 e. The number of hydrogen-bond acceptors (Lipinski definition) is 7. The molecule has 1 atom stereocenters. The fraction of sp³-hybridized carbons (Fsp3) is 0.280. The van der Waals surface area contributed by atoms with Crippen molar-refractivity contribution in [2.24, 2.45) is 5.10 Å². The highest BCUT2D eigenvalue weighted by Crippen LogP contribution is 2.36. The predicted octanol–water partition coefficient (Wildman–Crippen LogP) is 3.89. The Hall–Kier alpha value is -4.67. The molecule has 0 saturated carbocycles. The van der Waals surface area contributed by atoms with Gasteiger partial charge in [0.2, 0.25) is 11.5 Å². The van der Waals surface area contributed by atoms with Crippen molar-refractivity contribution in [1.82, 2.24) is 24.4 Å². The van der Waals surface area contributed by atoms with Crippen LogP contribution in [0.1, 0.15) is 37.9 Å². The van der Waals surface area contributed by atoms with Crippen LogP contribution in [0.5, 0.6) is 0 Å². The van der Waals surface area contributed by atoms with Crippen molar-refractivity contribution in [2.45, 2.75) is 38.4 Å². The summed E-state index contributed by atoms with van der Waals surface area (Å²) in [6, 6.07) is 8.40. The number of nitrogens with zero attached hydrogens (tertiary/aromatic N) is 6. The standard InChI is InChI=1S/C25H18F7N6O4/c26-17-6-5-14(9-16(17)22(40)36-7-8-37-20(10-24(27,28)29)34-35-21(37)12-36)13-38(42-23(41)25(30,31)32)18-4-2-1-3-15(18)19(39)11-33-38/h1-6,9,11H,7-8,10,12-13H2/q+1. The SMILES string of the molecule is O=C1C=N[N+](Cc2ccc(F)c(C(=O)N3CCn4c(nnc4CC(F)(F)F)C3)c2)(OC(=O)C(F)(F)F)c2ccccc21. The van der Waals surface area contributed by atoms with Crippen molar-refractivity contribution in [3.05, 3.63) is 76.6 Å². The molecule has 5 rings (SSSR count). The van der Waals surface area contributed by atoms with E-state index in [4.69, 9.17) is 4.84 Å². The molecule has 0 aliphatic carbocycles. The molecule has 2 aliphatic rings. The number of hydrogen-bond donors (Lipinski definition) is 0. The largest absolute Gasteiger partial charge is 0.497 e. The lowest BCUT2D eigenvalue weighted by Gasteiger charge is -2.31. The predicted molar refractivity (Wildman–Crippen MR) is 128 cm³/mol. The average molecular weight is 599 g/mol. The first-order valence-electron chi connectivity index (χ1n) is 12.1. The van der Waals surface area contributed by atoms with Gasteiger partial charge in [0.25, 0.3) is 5.91 Å². The van der Waals surface area contributed by atoms with Gasteiger partial charge in [0.1, 0.15) is 24.3 Å². The van der Waals surface area contributed by atoms with Gasteiger partial charge in [0, 0.05) is 29.5 Å². The van der Waals surface area contributed by atoms with Crippen molar-refractivity contribution >= 4 is 29.6 Å². The van der Waals surface area contributed by atoms with E-state index in [0.717, 1.165) is 23.1 Å². The molecule has 0 spiro atoms. The highest BCUT2D eigenvalue weighted by molar-refractivity contribution is 6.37. The summed E-state index contributed by atoms with van der Waals surface area (Å²) < 4.78 is 92.7. The third-order valence-electron chi connectivity index (χ3n) is 6.51. The molecule has 0 saturated heterocycles. The number of ketones is 1. The van der Waals surface area contributed by atoms with Crippen LogP contribution >= 0.6 is 0 Å². The Morgan fingerprint density at radius 2 is 1.74 bits per heavy atom. The van der Waals surface area contributed by atoms with Crippen LogP contribution in [0.4, 0.5) is 36.4 Å². The van der Waals surface area contributed by atoms with E-state index in [2.05, 4.69) is 15.3 Å². The van der Waals surface area contributed by atoms with Crippen molar-refractivity contribution in [2.75, 3.05) is 6.54 Å². The molecule has 17 heteroatoms. The number of hydroxylamine groups is 1. The second kappa shape index (κ2) is 10.3. The molecule has 0 N–H and O–H groups in total. The summed E-state index contributed by atoms with van der Waals surface area (Å²) in [5.41, 5.74) is -0.807. The maximum Gasteiger partial charge on any atom is 0.497 e. The van der Waals surface area contributed by atoms with E-state index < -0.39 is 59.1 Å². The van der Waals surface area contributed by atoms with Gasteiger partial charge in [-0.2, -0.15) is 26.3 Å². The van der Waals surface area contributed by atoms with Crippen LogP contribution < -0.4 is 4.76 Å². The summed E-state index contributed by atoms with van der Waals surface area (Å²) in [6.45, 7) is -1.15. The minimum absolute atomic E-state index is 0.00339. The van der Waals surface area contributed by atoms with Gasteiger partial charge in [-0.25, -0.2) is 14.0 Å². The number of carbonyl (C=O) groups is 3. The Bertz CT molecular complexity index is 1620. The van der Waals surface area contributed by atoms with Gasteiger partial charge in [-0.05, 0) is 23.3 Å². The Kier molecular flexibility index (Phi) is 7.08. The van der Waals surface area contributed by atoms with E-state index in [1.54, 1.807) is 0 Å². The molecule has 2 aliphatic heterocycles. The average Bonchev–Trinajstić information content (AvgIpc) is 3.31. The third-order valence-corrected chi connectivity index (χ3v) is 6.51. The lowest BCUT2D eigenvalue weighted by molar-refractivity contribution is -0.237. The van der Waals surface area contributed by atoms with Crippen molar-refractivity contribution in [3.8, 4) is 0 Å². The number of amides is 1. The second-order valence-electron chi connectivity index (χ2n) is 9.38. The fourth-order valence-electron chi connectivity index (χ4n) is 4.64. The van der Waals surface area contributed by atoms with E-state index in [0.29, 0.717) is 6.21 Å². The van der Waals surface area contributed by atoms with E-state index in [1.807, 2.05) is 0 Å². The zero-order valence-corrected chi connectivity index (χ0v) is 21.1. The molecule has 1 aromatic heterocycles. The number of quaternary nitrogens is 1. The first-order valence-corrected chi connectivity index (χ1v) is 12.1. The molecule has 0 bridgehead atoms. The Balaban J connectivity index is 1.45. The zero-order valence-electron chi connectivity index (χ0n) is 21.1. The number of rotatable bonds is 5. The molecule has 2 aromatic carbocycles. The summed E-state index contributed by atoms with van der Waals surface area (Å²) in [5, 5.41) is 11.1. The summed E-state index contributed by atoms with van der Waals surface area (Å²) in [4.78, 5) is 43.4. The smallest absolute Gasteiger partial charge is 0.329 e. The molecule has 220 valence electrons. The maximum absolute atomic E-state index is 14.9. The van der Waals surface area contributed by atoms with Crippen molar-refractivity contribution < 1.29 is 50.0 Å². The van der Waals surface area contributed by atoms with Gasteiger partial charge in [-0.1, -0.05) is 18.2 Å². The lowest BCUT2D eigenvalue weighted by Crippen LogP contribution is -2.50. The van der Waals surface area contributed by atoms with Gasteiger partial charge in [0.05, 0.1) is 17.7 Å². The number of Topliss-reactive ketones (excluding diaryl/α,β-unsaturated/α-hetero) is 1. The quantitative estimate of drug-likeness (QED) is 0.326. The van der Waals surface area contributed by atoms with E-state index >= 15 is 0 Å². The maximum atomic E-state index is 14.9. The molecule has 0 fully saturated rings. The Morgan fingerprint density at radius 3 is 2.45 bits per heavy atom. The molecular weight excluding hydrogens is 581 g/mol. The Morgan fingerprint density at radius 1 is 1.00 bits per heavy atom. The van der Waals surface area contributed by atoms with Gasteiger partial charge in [0.15, 0.2) is 12.4 Å². The number of fused-ring (bicyclic) bond motifs is 2. The third kappa shape index (κ3) is 5.59. The van der Waals surface area contributed by atoms with Crippen LogP contribution in [0.2, 0.25) is 0 Å². The first-order chi connectivity index (χ1) is 19.7. The number of alkyl halides is 6. The number of halogens is 7. The summed E-state index contributed by atoms with van der Waals surface area (Å²) >= 11 is 0. The molecular formula is C25H18F7N6O4+. The van der Waals surface area contributed by atoms with Gasteiger partial charge < -0.3 is 9.47 Å².